The van der Waals surface area contributed by atoms with Gasteiger partial charge in [-0.1, -0.05) is 18.2 Å². The Labute approximate surface area is 150 Å². The van der Waals surface area contributed by atoms with Gasteiger partial charge in [0.25, 0.3) is 0 Å². The summed E-state index contributed by atoms with van der Waals surface area (Å²) < 4.78 is 8.18. The number of benzene rings is 1. The molecule has 5 nitrogen and oxygen atoms in total. The number of para-hydroxylation sites is 1. The van der Waals surface area contributed by atoms with Gasteiger partial charge in [-0.05, 0) is 31.5 Å². The number of piperidine rings is 1. The van der Waals surface area contributed by atoms with Gasteiger partial charge >= 0.3 is 0 Å². The summed E-state index contributed by atoms with van der Waals surface area (Å²) in [6.45, 7) is 6.91. The van der Waals surface area contributed by atoms with Crippen LogP contribution in [0.1, 0.15) is 18.7 Å². The van der Waals surface area contributed by atoms with Crippen molar-refractivity contribution >= 4 is 5.69 Å². The summed E-state index contributed by atoms with van der Waals surface area (Å²) in [4.78, 5) is 9.57. The Morgan fingerprint density at radius 3 is 2.84 bits per heavy atom. The number of ether oxygens (including phenoxy) is 1. The first-order chi connectivity index (χ1) is 12.2. The molecule has 2 fully saturated rings. The Morgan fingerprint density at radius 1 is 1.16 bits per heavy atom. The SMILES string of the molecule is Cn1ccnc1CN1CCCC2(COCCN(c3ccccc3)C2)C1. The van der Waals surface area contributed by atoms with Crippen molar-refractivity contribution < 1.29 is 4.74 Å². The van der Waals surface area contributed by atoms with E-state index < -0.39 is 0 Å². The molecule has 0 amide bonds. The molecule has 0 radical (unpaired) electrons. The molecule has 1 aromatic carbocycles. The molecular weight excluding hydrogens is 312 g/mol. The molecule has 0 saturated carbocycles. The van der Waals surface area contributed by atoms with Gasteiger partial charge in [-0.15, -0.1) is 0 Å². The van der Waals surface area contributed by atoms with Crippen molar-refractivity contribution in [1.29, 1.82) is 0 Å². The van der Waals surface area contributed by atoms with E-state index >= 15 is 0 Å². The third-order valence-electron chi connectivity index (χ3n) is 5.59. The molecule has 2 saturated heterocycles. The van der Waals surface area contributed by atoms with Crippen LogP contribution >= 0.6 is 0 Å². The van der Waals surface area contributed by atoms with Crippen molar-refractivity contribution in [3.8, 4) is 0 Å². The molecule has 3 heterocycles. The highest BCUT2D eigenvalue weighted by Gasteiger charge is 2.39. The van der Waals surface area contributed by atoms with Gasteiger partial charge in [0.05, 0.1) is 19.8 Å². The standard InChI is InChI=1S/C20H28N4O/c1-22-11-9-21-19(22)14-23-10-5-8-20(15-23)16-24(12-13-25-17-20)18-6-3-2-4-7-18/h2-4,6-7,9,11H,5,8,10,12-17H2,1H3. The van der Waals surface area contributed by atoms with Gasteiger partial charge in [0.2, 0.25) is 0 Å². The lowest BCUT2D eigenvalue weighted by Gasteiger charge is -2.44. The summed E-state index contributed by atoms with van der Waals surface area (Å²) in [5.74, 6) is 1.14. The first-order valence-corrected chi connectivity index (χ1v) is 9.30. The van der Waals surface area contributed by atoms with Gasteiger partial charge in [0.1, 0.15) is 5.82 Å². The van der Waals surface area contributed by atoms with E-state index in [9.17, 15) is 0 Å². The van der Waals surface area contributed by atoms with Crippen molar-refractivity contribution in [3.63, 3.8) is 0 Å². The summed E-state index contributed by atoms with van der Waals surface area (Å²) in [6, 6.07) is 10.8. The van der Waals surface area contributed by atoms with Crippen molar-refractivity contribution in [2.45, 2.75) is 19.4 Å². The summed E-state index contributed by atoms with van der Waals surface area (Å²) >= 11 is 0. The van der Waals surface area contributed by atoms with Crippen LogP contribution in [-0.4, -0.2) is 53.8 Å². The predicted molar refractivity (Wildman–Crippen MR) is 99.6 cm³/mol. The predicted octanol–water partition coefficient (Wildman–Crippen LogP) is 2.54. The van der Waals surface area contributed by atoms with Gasteiger partial charge in [-0.3, -0.25) is 4.90 Å². The van der Waals surface area contributed by atoms with E-state index in [1.165, 1.54) is 18.5 Å². The van der Waals surface area contributed by atoms with Crippen LogP contribution in [0.15, 0.2) is 42.7 Å². The minimum absolute atomic E-state index is 0.218. The van der Waals surface area contributed by atoms with Crippen LogP contribution in [0.4, 0.5) is 5.69 Å². The number of hydrogen-bond acceptors (Lipinski definition) is 4. The number of likely N-dealkylation sites (tertiary alicyclic amines) is 1. The number of hydrogen-bond donors (Lipinski definition) is 0. The van der Waals surface area contributed by atoms with Crippen LogP contribution in [0.2, 0.25) is 0 Å². The lowest BCUT2D eigenvalue weighted by molar-refractivity contribution is 0.00969. The number of anilines is 1. The van der Waals surface area contributed by atoms with Gasteiger partial charge in [-0.2, -0.15) is 0 Å². The topological polar surface area (TPSA) is 33.5 Å². The fourth-order valence-electron chi connectivity index (χ4n) is 4.29. The largest absolute Gasteiger partial charge is 0.379 e. The molecule has 4 rings (SSSR count). The van der Waals surface area contributed by atoms with Crippen LogP contribution in [0.25, 0.3) is 0 Å². The van der Waals surface area contributed by atoms with Gasteiger partial charge in [0, 0.05) is 50.2 Å². The maximum absolute atomic E-state index is 6.06. The van der Waals surface area contributed by atoms with Crippen LogP contribution in [0.3, 0.4) is 0 Å². The summed E-state index contributed by atoms with van der Waals surface area (Å²) in [6.07, 6.45) is 6.39. The Morgan fingerprint density at radius 2 is 2.04 bits per heavy atom. The Hall–Kier alpha value is -1.85. The number of rotatable bonds is 3. The van der Waals surface area contributed by atoms with E-state index in [0.717, 1.165) is 51.8 Å². The molecular formula is C20H28N4O. The molecule has 2 aliphatic rings. The normalized spacial score (nSPS) is 25.2. The van der Waals surface area contributed by atoms with Gasteiger partial charge in [-0.25, -0.2) is 4.98 Å². The monoisotopic (exact) mass is 340 g/mol. The molecule has 0 bridgehead atoms. The molecule has 25 heavy (non-hydrogen) atoms. The van der Waals surface area contributed by atoms with Gasteiger partial charge in [0.15, 0.2) is 0 Å². The number of imidazole rings is 1. The second kappa shape index (κ2) is 7.18. The van der Waals surface area contributed by atoms with E-state index in [1.807, 2.05) is 12.4 Å². The van der Waals surface area contributed by atoms with Crippen LogP contribution in [0, 0.1) is 5.41 Å². The zero-order valence-corrected chi connectivity index (χ0v) is 15.1. The average molecular weight is 340 g/mol. The molecule has 1 spiro atoms. The number of aryl methyl sites for hydroxylation is 1. The van der Waals surface area contributed by atoms with Crippen LogP contribution in [0.5, 0.6) is 0 Å². The quantitative estimate of drug-likeness (QED) is 0.860. The number of nitrogens with zero attached hydrogens (tertiary/aromatic N) is 4. The lowest BCUT2D eigenvalue weighted by Crippen LogP contribution is -2.50. The Balaban J connectivity index is 1.49. The second-order valence-electron chi connectivity index (χ2n) is 7.58. The van der Waals surface area contributed by atoms with Crippen LogP contribution < -0.4 is 4.90 Å². The van der Waals surface area contributed by atoms with E-state index in [2.05, 4.69) is 56.7 Å². The van der Waals surface area contributed by atoms with E-state index in [0.29, 0.717) is 0 Å². The van der Waals surface area contributed by atoms with Crippen molar-refractivity contribution in [1.82, 2.24) is 14.5 Å². The molecule has 1 atom stereocenters. The second-order valence-corrected chi connectivity index (χ2v) is 7.58. The van der Waals surface area contributed by atoms with E-state index in [-0.39, 0.29) is 5.41 Å². The number of aromatic nitrogens is 2. The smallest absolute Gasteiger partial charge is 0.122 e. The molecule has 1 unspecified atom stereocenters. The molecule has 2 aromatic rings. The van der Waals surface area contributed by atoms with E-state index in [1.54, 1.807) is 0 Å². The molecule has 1 aromatic heterocycles. The highest BCUT2D eigenvalue weighted by atomic mass is 16.5. The Bertz CT molecular complexity index is 686. The van der Waals surface area contributed by atoms with E-state index in [4.69, 9.17) is 4.74 Å². The van der Waals surface area contributed by atoms with Crippen molar-refractivity contribution in [2.75, 3.05) is 44.3 Å². The molecule has 134 valence electrons. The van der Waals surface area contributed by atoms with Crippen molar-refractivity contribution in [3.05, 3.63) is 48.5 Å². The summed E-state index contributed by atoms with van der Waals surface area (Å²) in [5.41, 5.74) is 1.53. The third-order valence-corrected chi connectivity index (χ3v) is 5.59. The highest BCUT2D eigenvalue weighted by Crippen LogP contribution is 2.35. The fourth-order valence-corrected chi connectivity index (χ4v) is 4.29. The van der Waals surface area contributed by atoms with Gasteiger partial charge < -0.3 is 14.2 Å². The molecule has 0 N–H and O–H groups in total. The summed E-state index contributed by atoms with van der Waals surface area (Å²) in [5, 5.41) is 0. The molecule has 2 aliphatic heterocycles. The minimum atomic E-state index is 0.218. The van der Waals surface area contributed by atoms with Crippen LogP contribution in [-0.2, 0) is 18.3 Å². The minimum Gasteiger partial charge on any atom is -0.379 e. The average Bonchev–Trinajstić information content (AvgIpc) is 2.92. The maximum atomic E-state index is 6.06. The lowest BCUT2D eigenvalue weighted by atomic mass is 9.80. The zero-order valence-electron chi connectivity index (χ0n) is 15.1. The highest BCUT2D eigenvalue weighted by molar-refractivity contribution is 5.46. The zero-order chi connectivity index (χ0) is 17.1. The first kappa shape index (κ1) is 16.6. The molecule has 0 aliphatic carbocycles. The fraction of sp³-hybridized carbons (Fsp3) is 0.550. The van der Waals surface area contributed by atoms with Crippen molar-refractivity contribution in [2.24, 2.45) is 12.5 Å². The maximum Gasteiger partial charge on any atom is 0.122 e. The Kier molecular flexibility index (Phi) is 4.77. The third kappa shape index (κ3) is 3.72. The molecule has 5 heteroatoms. The first-order valence-electron chi connectivity index (χ1n) is 9.30. The summed E-state index contributed by atoms with van der Waals surface area (Å²) in [7, 11) is 2.08.